The van der Waals surface area contributed by atoms with Crippen LogP contribution in [0.5, 0.6) is 0 Å². The van der Waals surface area contributed by atoms with Gasteiger partial charge in [0, 0.05) is 13.7 Å². The van der Waals surface area contributed by atoms with Gasteiger partial charge in [-0.1, -0.05) is 14.4 Å². The molecule has 52 valence electrons. The van der Waals surface area contributed by atoms with E-state index in [2.05, 4.69) is 12.2 Å². The minimum Gasteiger partial charge on any atom is -0.383 e. The predicted molar refractivity (Wildman–Crippen MR) is 37.2 cm³/mol. The van der Waals surface area contributed by atoms with Crippen molar-refractivity contribution in [3.05, 3.63) is 0 Å². The van der Waals surface area contributed by atoms with Gasteiger partial charge in [0.05, 0.1) is 6.61 Å². The summed E-state index contributed by atoms with van der Waals surface area (Å²) in [6, 6.07) is 0. The van der Waals surface area contributed by atoms with Crippen LogP contribution in [0, 0.1) is 0 Å². The summed E-state index contributed by atoms with van der Waals surface area (Å²) in [5.41, 5.74) is 0. The van der Waals surface area contributed by atoms with E-state index in [0.717, 1.165) is 19.7 Å². The van der Waals surface area contributed by atoms with Crippen molar-refractivity contribution in [2.75, 3.05) is 26.8 Å². The molecule has 8 heavy (non-hydrogen) atoms. The fraction of sp³-hybridized carbons (Fsp3) is 1.00. The van der Waals surface area contributed by atoms with Gasteiger partial charge in [-0.3, -0.25) is 0 Å². The summed E-state index contributed by atoms with van der Waals surface area (Å²) in [5, 5.41) is 3.12. The highest BCUT2D eigenvalue weighted by molar-refractivity contribution is 4.36. The van der Waals surface area contributed by atoms with Crippen LogP contribution in [0.4, 0.5) is 0 Å². The van der Waals surface area contributed by atoms with Crippen LogP contribution in [-0.4, -0.2) is 26.8 Å². The van der Waals surface area contributed by atoms with Gasteiger partial charge in [-0.05, 0) is 6.54 Å². The quantitative estimate of drug-likeness (QED) is 0.555. The van der Waals surface area contributed by atoms with Crippen molar-refractivity contribution in [1.82, 2.24) is 5.32 Å². The molecule has 2 nitrogen and oxygen atoms in total. The van der Waals surface area contributed by atoms with Crippen molar-refractivity contribution < 1.29 is 4.74 Å². The zero-order valence-electron chi connectivity index (χ0n) is 5.03. The first kappa shape index (κ1) is 10.8. The highest BCUT2D eigenvalue weighted by atomic mass is 16.5. The molecule has 0 saturated carbocycles. The normalized spacial score (nSPS) is 8.25. The third-order valence-corrected chi connectivity index (χ3v) is 0.733. The Morgan fingerprint density at radius 2 is 2.12 bits per heavy atom. The summed E-state index contributed by atoms with van der Waals surface area (Å²) >= 11 is 0. The third-order valence-electron chi connectivity index (χ3n) is 0.733. The minimum absolute atomic E-state index is 0. The first-order chi connectivity index (χ1) is 3.41. The number of rotatable bonds is 4. The van der Waals surface area contributed by atoms with E-state index in [-0.39, 0.29) is 7.43 Å². The second-order valence-corrected chi connectivity index (χ2v) is 1.35. The lowest BCUT2D eigenvalue weighted by molar-refractivity contribution is 0.200. The third kappa shape index (κ3) is 9.33. The molecule has 0 rings (SSSR count). The van der Waals surface area contributed by atoms with E-state index < -0.39 is 0 Å². The van der Waals surface area contributed by atoms with Crippen LogP contribution < -0.4 is 5.32 Å². The topological polar surface area (TPSA) is 21.3 Å². The molecule has 0 radical (unpaired) electrons. The van der Waals surface area contributed by atoms with Gasteiger partial charge in [0.2, 0.25) is 0 Å². The van der Waals surface area contributed by atoms with Crippen molar-refractivity contribution >= 4 is 0 Å². The largest absolute Gasteiger partial charge is 0.383 e. The van der Waals surface area contributed by atoms with Gasteiger partial charge < -0.3 is 10.1 Å². The van der Waals surface area contributed by atoms with Gasteiger partial charge in [0.25, 0.3) is 0 Å². The van der Waals surface area contributed by atoms with E-state index in [1.54, 1.807) is 7.11 Å². The second-order valence-electron chi connectivity index (χ2n) is 1.35. The molecule has 0 heterocycles. The lowest BCUT2D eigenvalue weighted by Crippen LogP contribution is -2.17. The molecular weight excluding hydrogens is 102 g/mol. The highest BCUT2D eigenvalue weighted by Gasteiger charge is 1.76. The van der Waals surface area contributed by atoms with E-state index in [9.17, 15) is 0 Å². The molecule has 1 N–H and O–H groups in total. The summed E-state index contributed by atoms with van der Waals surface area (Å²) in [5.74, 6) is 0. The van der Waals surface area contributed by atoms with Gasteiger partial charge in [-0.15, -0.1) is 0 Å². The summed E-state index contributed by atoms with van der Waals surface area (Å²) in [7, 11) is 1.71. The summed E-state index contributed by atoms with van der Waals surface area (Å²) < 4.78 is 4.78. The highest BCUT2D eigenvalue weighted by Crippen LogP contribution is 1.61. The molecular formula is C6H17NO. The zero-order chi connectivity index (χ0) is 5.54. The first-order valence-electron chi connectivity index (χ1n) is 2.61. The number of methoxy groups -OCH3 is 1. The lowest BCUT2D eigenvalue weighted by atomic mass is 10.6. The van der Waals surface area contributed by atoms with Gasteiger partial charge in [0.15, 0.2) is 0 Å². The monoisotopic (exact) mass is 119 g/mol. The maximum absolute atomic E-state index is 4.78. The SMILES string of the molecule is C.CCNCCOC. The fourth-order valence-corrected chi connectivity index (χ4v) is 0.351. The number of nitrogens with one attached hydrogen (secondary N) is 1. The van der Waals surface area contributed by atoms with Gasteiger partial charge in [-0.2, -0.15) is 0 Å². The molecule has 0 aliphatic rings. The van der Waals surface area contributed by atoms with Crippen LogP contribution >= 0.6 is 0 Å². The Hall–Kier alpha value is -0.0800. The summed E-state index contributed by atoms with van der Waals surface area (Å²) in [6.45, 7) is 4.89. The Morgan fingerprint density at radius 1 is 1.50 bits per heavy atom. The van der Waals surface area contributed by atoms with E-state index in [0.29, 0.717) is 0 Å². The van der Waals surface area contributed by atoms with Crippen LogP contribution in [-0.2, 0) is 4.74 Å². The van der Waals surface area contributed by atoms with Crippen LogP contribution in [0.2, 0.25) is 0 Å². The Labute approximate surface area is 52.2 Å². The Kier molecular flexibility index (Phi) is 13.6. The number of likely N-dealkylation sites (N-methyl/N-ethyl adjacent to an activating group) is 1. The van der Waals surface area contributed by atoms with Gasteiger partial charge in [-0.25, -0.2) is 0 Å². The molecule has 2 heteroatoms. The van der Waals surface area contributed by atoms with Gasteiger partial charge in [0.1, 0.15) is 0 Å². The van der Waals surface area contributed by atoms with E-state index >= 15 is 0 Å². The molecule has 0 spiro atoms. The van der Waals surface area contributed by atoms with E-state index in [1.165, 1.54) is 0 Å². The molecule has 0 aromatic rings. The number of ether oxygens (including phenoxy) is 1. The Balaban J connectivity index is 0. The number of hydrogen-bond donors (Lipinski definition) is 1. The van der Waals surface area contributed by atoms with Crippen LogP contribution in [0.15, 0.2) is 0 Å². The average Bonchev–Trinajstić information content (AvgIpc) is 1.69. The molecule has 0 saturated heterocycles. The van der Waals surface area contributed by atoms with Crippen LogP contribution in [0.25, 0.3) is 0 Å². The van der Waals surface area contributed by atoms with E-state index in [1.807, 2.05) is 0 Å². The van der Waals surface area contributed by atoms with Gasteiger partial charge >= 0.3 is 0 Å². The fourth-order valence-electron chi connectivity index (χ4n) is 0.351. The van der Waals surface area contributed by atoms with Crippen molar-refractivity contribution in [3.63, 3.8) is 0 Å². The van der Waals surface area contributed by atoms with Crippen molar-refractivity contribution in [2.45, 2.75) is 14.4 Å². The predicted octanol–water partition coefficient (Wildman–Crippen LogP) is 0.878. The maximum atomic E-state index is 4.78. The summed E-state index contributed by atoms with van der Waals surface area (Å²) in [4.78, 5) is 0. The number of hydrogen-bond acceptors (Lipinski definition) is 2. The Bertz CT molecular complexity index is 27.7. The molecule has 0 aromatic heterocycles. The Morgan fingerprint density at radius 3 is 2.50 bits per heavy atom. The van der Waals surface area contributed by atoms with E-state index in [4.69, 9.17) is 4.74 Å². The van der Waals surface area contributed by atoms with Crippen molar-refractivity contribution in [1.29, 1.82) is 0 Å². The minimum atomic E-state index is 0. The average molecular weight is 119 g/mol. The van der Waals surface area contributed by atoms with Crippen molar-refractivity contribution in [2.24, 2.45) is 0 Å². The lowest BCUT2D eigenvalue weighted by Gasteiger charge is -1.96. The molecule has 0 aliphatic carbocycles. The molecule has 0 bridgehead atoms. The smallest absolute Gasteiger partial charge is 0.0587 e. The first-order valence-corrected chi connectivity index (χ1v) is 2.61. The maximum Gasteiger partial charge on any atom is 0.0587 e. The van der Waals surface area contributed by atoms with Crippen LogP contribution in [0.3, 0.4) is 0 Å². The molecule has 0 aromatic carbocycles. The van der Waals surface area contributed by atoms with Crippen LogP contribution in [0.1, 0.15) is 14.4 Å². The van der Waals surface area contributed by atoms with Crippen molar-refractivity contribution in [3.8, 4) is 0 Å². The molecule has 0 amide bonds. The zero-order valence-corrected chi connectivity index (χ0v) is 5.03. The molecule has 0 fully saturated rings. The second kappa shape index (κ2) is 10.0. The summed E-state index contributed by atoms with van der Waals surface area (Å²) in [6.07, 6.45) is 0. The molecule has 0 atom stereocenters. The molecule has 0 aliphatic heterocycles. The molecule has 0 unspecified atom stereocenters. The standard InChI is InChI=1S/C5H13NO.CH4/c1-3-6-4-5-7-2;/h6H,3-5H2,1-2H3;1H4.